The van der Waals surface area contributed by atoms with Gasteiger partial charge in [-0.25, -0.2) is 0 Å². The number of rotatable bonds is 0. The summed E-state index contributed by atoms with van der Waals surface area (Å²) in [5.41, 5.74) is 0. The van der Waals surface area contributed by atoms with Gasteiger partial charge in [-0.2, -0.15) is 0 Å². The molecule has 0 heterocycles. The van der Waals surface area contributed by atoms with E-state index in [1.54, 1.807) is 0 Å². The van der Waals surface area contributed by atoms with Crippen LogP contribution in [0.4, 0.5) is 0 Å². The predicted octanol–water partition coefficient (Wildman–Crippen LogP) is -1.42. The Hall–Kier alpha value is 1.32. The second-order valence-corrected chi connectivity index (χ2v) is 18.0. The van der Waals surface area contributed by atoms with Crippen molar-refractivity contribution in [1.82, 2.24) is 0 Å². The first-order valence-corrected chi connectivity index (χ1v) is 11.0. The van der Waals surface area contributed by atoms with Crippen molar-refractivity contribution in [3.05, 3.63) is 0 Å². The van der Waals surface area contributed by atoms with Crippen LogP contribution in [0.1, 0.15) is 0 Å². The molecule has 0 aromatic rings. The van der Waals surface area contributed by atoms with Crippen molar-refractivity contribution in [2.75, 3.05) is 0 Å². The summed E-state index contributed by atoms with van der Waals surface area (Å²) in [6.45, 7) is 0. The van der Waals surface area contributed by atoms with Crippen LogP contribution in [0.2, 0.25) is 0 Å². The van der Waals surface area contributed by atoms with Crippen molar-refractivity contribution in [3.8, 4) is 0 Å². The Morgan fingerprint density at radius 3 is 0.778 bits per heavy atom. The van der Waals surface area contributed by atoms with E-state index in [0.717, 1.165) is 0 Å². The Balaban J connectivity index is -0.000000180. The van der Waals surface area contributed by atoms with Gasteiger partial charge in [-0.3, -0.25) is 0 Å². The summed E-state index contributed by atoms with van der Waals surface area (Å²) in [5, 5.41) is 0. The van der Waals surface area contributed by atoms with Crippen LogP contribution < -0.4 is 22.0 Å². The molecular weight excluding hydrogens is 369 g/mol. The molecule has 0 aliphatic rings. The van der Waals surface area contributed by atoms with Crippen molar-refractivity contribution in [3.63, 3.8) is 0 Å². The zero-order chi connectivity index (χ0) is 6.41. The molecular formula is H12Cl3IrN5. The molecule has 0 unspecified atom stereocenters. The Labute approximate surface area is 69.4 Å². The molecule has 0 rings (SSSR count). The third-order valence-electron chi connectivity index (χ3n) is 0. The molecule has 0 radical (unpaired) electrons. The summed E-state index contributed by atoms with van der Waals surface area (Å²) in [5.74, 6) is 0. The third-order valence-corrected chi connectivity index (χ3v) is 0. The van der Waals surface area contributed by atoms with E-state index in [1.165, 1.54) is 0 Å². The maximum atomic E-state index is 5.12. The fourth-order valence-corrected chi connectivity index (χ4v) is 0. The molecule has 0 aromatic heterocycles. The SMILES string of the molecule is Cl.Cl.[NH2][Ir]([NH2])([NH2])([NH2])([NH2])[Cl]. The van der Waals surface area contributed by atoms with E-state index in [-0.39, 0.29) is 24.8 Å². The second-order valence-electron chi connectivity index (χ2n) is 1.47. The molecule has 0 saturated carbocycles. The molecule has 0 spiro atoms. The molecule has 0 aliphatic carbocycles. The van der Waals surface area contributed by atoms with Gasteiger partial charge in [-0.1, -0.05) is 0 Å². The number of halogens is 3. The van der Waals surface area contributed by atoms with Gasteiger partial charge in [-0.15, -0.1) is 24.8 Å². The van der Waals surface area contributed by atoms with Gasteiger partial charge in [0.2, 0.25) is 0 Å². The van der Waals surface area contributed by atoms with Gasteiger partial charge in [0.05, 0.1) is 0 Å². The van der Waals surface area contributed by atoms with E-state index in [0.29, 0.717) is 0 Å². The topological polar surface area (TPSA) is 130 Å². The number of nitrogens with two attached hydrogens (primary N) is 5. The van der Waals surface area contributed by atoms with E-state index >= 15 is 0 Å². The van der Waals surface area contributed by atoms with Crippen LogP contribution in [0.3, 0.4) is 0 Å². The summed E-state index contributed by atoms with van der Waals surface area (Å²) < 4.78 is 24.5. The fourth-order valence-electron chi connectivity index (χ4n) is 0. The summed E-state index contributed by atoms with van der Waals surface area (Å²) in [4.78, 5) is 0. The van der Waals surface area contributed by atoms with Gasteiger partial charge < -0.3 is 0 Å². The Bertz CT molecular complexity index is 70.8. The van der Waals surface area contributed by atoms with E-state index in [1.807, 2.05) is 0 Å². The van der Waals surface area contributed by atoms with Gasteiger partial charge in [0.15, 0.2) is 0 Å². The average molecular weight is 381 g/mol. The molecule has 67 valence electrons. The van der Waals surface area contributed by atoms with E-state index in [4.69, 9.17) is 31.6 Å². The van der Waals surface area contributed by atoms with Crippen molar-refractivity contribution >= 4 is 34.4 Å². The first kappa shape index (κ1) is 16.7. The van der Waals surface area contributed by atoms with Gasteiger partial charge in [0.1, 0.15) is 0 Å². The summed E-state index contributed by atoms with van der Waals surface area (Å²) in [6, 6.07) is 0. The number of hydrogen-bond donors (Lipinski definition) is 5. The van der Waals surface area contributed by atoms with Crippen LogP contribution >= 0.6 is 34.4 Å². The molecule has 0 amide bonds. The van der Waals surface area contributed by atoms with E-state index in [9.17, 15) is 0 Å². The van der Waals surface area contributed by atoms with Crippen molar-refractivity contribution in [1.29, 1.82) is 0 Å². The summed E-state index contributed by atoms with van der Waals surface area (Å²) >= 11 is -5.19. The predicted molar refractivity (Wildman–Crippen MR) is 41.3 cm³/mol. The van der Waals surface area contributed by atoms with Crippen LogP contribution in [-0.2, 0) is 13.1 Å². The zero-order valence-electron chi connectivity index (χ0n) is 4.41. The van der Waals surface area contributed by atoms with Crippen LogP contribution in [0.15, 0.2) is 0 Å². The number of hydrogen-bond acceptors (Lipinski definition) is 5. The minimum atomic E-state index is -5.19. The quantitative estimate of drug-likeness (QED) is 0.352. The third kappa shape index (κ3) is 287. The normalized spacial score (nSPS) is 18.0. The zero-order valence-corrected chi connectivity index (χ0v) is 9.20. The first-order chi connectivity index (χ1) is 2.45. The van der Waals surface area contributed by atoms with Crippen LogP contribution in [-0.4, -0.2) is 0 Å². The standard InChI is InChI=1S/3ClH.Ir.5H2N/h3*1H;;5*1H2/q;;;+6;5*-1/p-1. The average Bonchev–Trinajstić information content (AvgIpc) is 0.592. The Morgan fingerprint density at radius 1 is 0.778 bits per heavy atom. The first-order valence-electron chi connectivity index (χ1n) is 1.09. The molecule has 10 N–H and O–H groups in total. The van der Waals surface area contributed by atoms with Gasteiger partial charge >= 0.3 is 44.7 Å². The van der Waals surface area contributed by atoms with E-state index in [2.05, 4.69) is 0 Å². The molecule has 0 fully saturated rings. The second kappa shape index (κ2) is 2.42. The van der Waals surface area contributed by atoms with Gasteiger partial charge in [0.25, 0.3) is 0 Å². The van der Waals surface area contributed by atoms with Crippen LogP contribution in [0.5, 0.6) is 0 Å². The monoisotopic (exact) mass is 380 g/mol. The van der Waals surface area contributed by atoms with Crippen molar-refractivity contribution in [2.24, 2.45) is 22.0 Å². The maximum absolute atomic E-state index is 5.19. The summed E-state index contributed by atoms with van der Waals surface area (Å²) in [7, 11) is 5.12. The van der Waals surface area contributed by atoms with Gasteiger partial charge in [0, 0.05) is 0 Å². The molecule has 0 saturated heterocycles. The van der Waals surface area contributed by atoms with Crippen LogP contribution in [0, 0.1) is 0 Å². The molecule has 9 heteroatoms. The molecule has 0 atom stereocenters. The van der Waals surface area contributed by atoms with Crippen molar-refractivity contribution in [2.45, 2.75) is 0 Å². The van der Waals surface area contributed by atoms with Gasteiger partial charge in [-0.05, 0) is 0 Å². The summed E-state index contributed by atoms with van der Waals surface area (Å²) in [6.07, 6.45) is 0. The minimum absolute atomic E-state index is 0. The van der Waals surface area contributed by atoms with Crippen molar-refractivity contribution < 1.29 is 13.1 Å². The Morgan fingerprint density at radius 2 is 0.778 bits per heavy atom. The molecule has 0 bridgehead atoms. The molecule has 9 heavy (non-hydrogen) atoms. The van der Waals surface area contributed by atoms with Crippen LogP contribution in [0.25, 0.3) is 0 Å². The molecule has 0 aromatic carbocycles. The Kier molecular flexibility index (Phi) is 4.50. The van der Waals surface area contributed by atoms with E-state index < -0.39 is 13.1 Å². The fraction of sp³-hybridized carbons (Fsp3) is 0. The molecule has 5 nitrogen and oxygen atoms in total. The molecule has 0 aliphatic heterocycles.